The molecule has 2 aliphatic rings. The molecule has 4 aromatic rings. The first-order valence-electron chi connectivity index (χ1n) is 13.2. The summed E-state index contributed by atoms with van der Waals surface area (Å²) in [6.07, 6.45) is 2.03. The van der Waals surface area contributed by atoms with Gasteiger partial charge in [-0.3, -0.25) is 9.69 Å². The molecule has 10 heteroatoms. The lowest BCUT2D eigenvalue weighted by Crippen LogP contribution is -2.49. The molecule has 2 fully saturated rings. The van der Waals surface area contributed by atoms with Gasteiger partial charge in [0.15, 0.2) is 5.82 Å². The topological polar surface area (TPSA) is 92.2 Å². The largest absolute Gasteiger partial charge is 0.376 e. The number of hydrogen-bond acceptors (Lipinski definition) is 7. The minimum absolute atomic E-state index is 0.0521. The molecule has 0 aliphatic carbocycles. The lowest BCUT2D eigenvalue weighted by molar-refractivity contribution is 0.0906. The number of nitrogens with one attached hydrogen (secondary N) is 1. The van der Waals surface area contributed by atoms with Crippen LogP contribution in [0.2, 0.25) is 0 Å². The van der Waals surface area contributed by atoms with E-state index in [9.17, 15) is 9.18 Å². The Hall–Kier alpha value is -3.63. The number of rotatable bonds is 6. The van der Waals surface area contributed by atoms with Gasteiger partial charge in [0.2, 0.25) is 0 Å². The number of piperazine rings is 1. The van der Waals surface area contributed by atoms with Crippen LogP contribution in [-0.2, 0) is 11.3 Å². The third kappa shape index (κ3) is 4.69. The Bertz CT molecular complexity index is 1500. The highest BCUT2D eigenvalue weighted by molar-refractivity contribution is 5.81. The molecule has 2 aromatic heterocycles. The highest BCUT2D eigenvalue weighted by atomic mass is 19.1. The van der Waals surface area contributed by atoms with E-state index in [0.717, 1.165) is 41.5 Å². The first-order chi connectivity index (χ1) is 18.5. The minimum atomic E-state index is -0.455. The standard InChI is InChI=1S/C28H32FN7O2/c1-18-14-20-16-22(28(37)30-24(20)15-19(18)2)26(27-31-32-33-36(27)17-21-6-5-13-38-21)35-11-9-34(10-12-35)25-8-4-3-7-23(25)29/h3-4,7-8,14-16,21,26H,5-6,9-13,17H2,1-2H3,(H,30,37)/t21-,26-/m1/s1. The van der Waals surface area contributed by atoms with E-state index in [4.69, 9.17) is 4.74 Å². The number of ether oxygens (including phenoxy) is 1. The van der Waals surface area contributed by atoms with E-state index in [1.165, 1.54) is 6.07 Å². The maximum Gasteiger partial charge on any atom is 0.253 e. The van der Waals surface area contributed by atoms with Crippen molar-refractivity contribution in [2.75, 3.05) is 37.7 Å². The van der Waals surface area contributed by atoms with Gasteiger partial charge in [-0.2, -0.15) is 0 Å². The molecule has 0 saturated carbocycles. The van der Waals surface area contributed by atoms with Crippen LogP contribution in [-0.4, -0.2) is 69.0 Å². The molecule has 0 spiro atoms. The van der Waals surface area contributed by atoms with Gasteiger partial charge in [0, 0.05) is 43.9 Å². The molecule has 0 unspecified atom stereocenters. The minimum Gasteiger partial charge on any atom is -0.376 e. The van der Waals surface area contributed by atoms with Crippen LogP contribution in [0.4, 0.5) is 10.1 Å². The van der Waals surface area contributed by atoms with E-state index >= 15 is 0 Å². The monoisotopic (exact) mass is 517 g/mol. The molecule has 0 amide bonds. The van der Waals surface area contributed by atoms with E-state index in [1.54, 1.807) is 10.7 Å². The Morgan fingerprint density at radius 1 is 1.11 bits per heavy atom. The van der Waals surface area contributed by atoms with Gasteiger partial charge in [-0.25, -0.2) is 9.07 Å². The Balaban J connectivity index is 1.38. The summed E-state index contributed by atoms with van der Waals surface area (Å²) in [5, 5.41) is 13.7. The molecule has 198 valence electrons. The van der Waals surface area contributed by atoms with Gasteiger partial charge >= 0.3 is 0 Å². The molecule has 2 aromatic carbocycles. The SMILES string of the molecule is Cc1cc2cc([C@H](c3nnnn3C[C@H]3CCCO3)N3CCN(c4ccccc4F)CC3)c(=O)[nH]c2cc1C. The number of anilines is 1. The number of aromatic amines is 1. The second kappa shape index (κ2) is 10.3. The van der Waals surface area contributed by atoms with Gasteiger partial charge in [0.1, 0.15) is 11.9 Å². The van der Waals surface area contributed by atoms with E-state index in [2.05, 4.69) is 43.3 Å². The fourth-order valence-electron chi connectivity index (χ4n) is 5.64. The van der Waals surface area contributed by atoms with Crippen LogP contribution >= 0.6 is 0 Å². The van der Waals surface area contributed by atoms with Crippen molar-refractivity contribution in [1.82, 2.24) is 30.1 Å². The lowest BCUT2D eigenvalue weighted by atomic mass is 10.00. The number of H-pyrrole nitrogens is 1. The quantitative estimate of drug-likeness (QED) is 0.419. The number of hydrogen-bond donors (Lipinski definition) is 1. The average Bonchev–Trinajstić information content (AvgIpc) is 3.60. The molecule has 0 radical (unpaired) electrons. The zero-order chi connectivity index (χ0) is 26.2. The van der Waals surface area contributed by atoms with Crippen LogP contribution < -0.4 is 10.5 Å². The molecule has 2 saturated heterocycles. The Morgan fingerprint density at radius 3 is 2.66 bits per heavy atom. The zero-order valence-corrected chi connectivity index (χ0v) is 21.7. The van der Waals surface area contributed by atoms with Crippen molar-refractivity contribution in [1.29, 1.82) is 0 Å². The van der Waals surface area contributed by atoms with Gasteiger partial charge in [-0.15, -0.1) is 5.10 Å². The van der Waals surface area contributed by atoms with Gasteiger partial charge in [-0.1, -0.05) is 12.1 Å². The van der Waals surface area contributed by atoms with Crippen LogP contribution in [0.25, 0.3) is 10.9 Å². The predicted molar refractivity (Wildman–Crippen MR) is 143 cm³/mol. The number of benzene rings is 2. The molecule has 6 rings (SSSR count). The Morgan fingerprint density at radius 2 is 1.89 bits per heavy atom. The van der Waals surface area contributed by atoms with Crippen LogP contribution in [0.5, 0.6) is 0 Å². The number of halogens is 1. The molecule has 2 aliphatic heterocycles. The summed E-state index contributed by atoms with van der Waals surface area (Å²) in [7, 11) is 0. The number of tetrazole rings is 1. The van der Waals surface area contributed by atoms with E-state index in [-0.39, 0.29) is 17.5 Å². The van der Waals surface area contributed by atoms with Crippen LogP contribution in [0.1, 0.15) is 41.4 Å². The van der Waals surface area contributed by atoms with Crippen molar-refractivity contribution < 1.29 is 9.13 Å². The molecule has 9 nitrogen and oxygen atoms in total. The van der Waals surface area contributed by atoms with Crippen LogP contribution in [0.15, 0.2) is 47.3 Å². The van der Waals surface area contributed by atoms with Crippen molar-refractivity contribution in [3.8, 4) is 0 Å². The summed E-state index contributed by atoms with van der Waals surface area (Å²) in [6.45, 7) is 7.87. The number of fused-ring (bicyclic) bond motifs is 1. The predicted octanol–water partition coefficient (Wildman–Crippen LogP) is 3.36. The maximum atomic E-state index is 14.5. The summed E-state index contributed by atoms with van der Waals surface area (Å²) in [5.74, 6) is 0.392. The lowest BCUT2D eigenvalue weighted by Gasteiger charge is -2.39. The van der Waals surface area contributed by atoms with Crippen LogP contribution in [0.3, 0.4) is 0 Å². The van der Waals surface area contributed by atoms with Gasteiger partial charge < -0.3 is 14.6 Å². The van der Waals surface area contributed by atoms with Crippen LogP contribution in [0, 0.1) is 19.7 Å². The molecule has 1 N–H and O–H groups in total. The normalized spacial score (nSPS) is 19.3. The summed E-state index contributed by atoms with van der Waals surface area (Å²) in [6, 6.07) is 12.5. The average molecular weight is 518 g/mol. The number of para-hydroxylation sites is 1. The van der Waals surface area contributed by atoms with Crippen molar-refractivity contribution in [2.45, 2.75) is 45.4 Å². The third-order valence-corrected chi connectivity index (χ3v) is 7.86. The smallest absolute Gasteiger partial charge is 0.253 e. The van der Waals surface area contributed by atoms with Crippen molar-refractivity contribution in [3.63, 3.8) is 0 Å². The molecule has 4 heterocycles. The maximum absolute atomic E-state index is 14.5. The number of nitrogens with zero attached hydrogens (tertiary/aromatic N) is 6. The summed E-state index contributed by atoms with van der Waals surface area (Å²) in [5.41, 5.74) is 4.14. The fourth-order valence-corrected chi connectivity index (χ4v) is 5.64. The number of aryl methyl sites for hydroxylation is 2. The van der Waals surface area contributed by atoms with E-state index in [0.29, 0.717) is 49.8 Å². The second-order valence-corrected chi connectivity index (χ2v) is 10.3. The van der Waals surface area contributed by atoms with Gasteiger partial charge in [0.05, 0.1) is 18.3 Å². The third-order valence-electron chi connectivity index (χ3n) is 7.86. The molecular formula is C28H32FN7O2. The summed E-state index contributed by atoms with van der Waals surface area (Å²) in [4.78, 5) is 20.9. The Labute approximate surface area is 220 Å². The highest BCUT2D eigenvalue weighted by Gasteiger charge is 2.34. The number of aromatic nitrogens is 5. The Kier molecular flexibility index (Phi) is 6.67. The summed E-state index contributed by atoms with van der Waals surface area (Å²) < 4.78 is 22.1. The van der Waals surface area contributed by atoms with Crippen molar-refractivity contribution >= 4 is 16.6 Å². The first-order valence-corrected chi connectivity index (χ1v) is 13.2. The highest BCUT2D eigenvalue weighted by Crippen LogP contribution is 2.30. The molecule has 2 atom stereocenters. The zero-order valence-electron chi connectivity index (χ0n) is 21.7. The van der Waals surface area contributed by atoms with Gasteiger partial charge in [-0.05, 0) is 84.0 Å². The molecular weight excluding hydrogens is 485 g/mol. The first kappa shape index (κ1) is 24.7. The fraction of sp³-hybridized carbons (Fsp3) is 0.429. The molecule has 0 bridgehead atoms. The molecule has 38 heavy (non-hydrogen) atoms. The van der Waals surface area contributed by atoms with Crippen molar-refractivity contribution in [3.05, 3.63) is 81.2 Å². The summed E-state index contributed by atoms with van der Waals surface area (Å²) >= 11 is 0. The van der Waals surface area contributed by atoms with Gasteiger partial charge in [0.25, 0.3) is 5.56 Å². The van der Waals surface area contributed by atoms with Crippen molar-refractivity contribution in [2.24, 2.45) is 0 Å². The van der Waals surface area contributed by atoms with E-state index in [1.807, 2.05) is 31.2 Å². The van der Waals surface area contributed by atoms with E-state index < -0.39 is 6.04 Å². The second-order valence-electron chi connectivity index (χ2n) is 10.3. The number of pyridine rings is 1.